The van der Waals surface area contributed by atoms with Gasteiger partial charge >= 0.3 is 0 Å². The fourth-order valence-electron chi connectivity index (χ4n) is 2.79. The highest BCUT2D eigenvalue weighted by Crippen LogP contribution is 2.24. The van der Waals surface area contributed by atoms with Crippen molar-refractivity contribution in [1.29, 1.82) is 0 Å². The Kier molecular flexibility index (Phi) is 4.89. The van der Waals surface area contributed by atoms with Gasteiger partial charge in [0.15, 0.2) is 0 Å². The summed E-state index contributed by atoms with van der Waals surface area (Å²) in [7, 11) is 1.84. The minimum atomic E-state index is -0.293. The number of aryl methyl sites for hydroxylation is 1. The molecule has 1 aromatic rings. The zero-order valence-corrected chi connectivity index (χ0v) is 12.2. The summed E-state index contributed by atoms with van der Waals surface area (Å²) in [4.78, 5) is 22.3. The van der Waals surface area contributed by atoms with Crippen LogP contribution in [-0.2, 0) is 11.3 Å². The summed E-state index contributed by atoms with van der Waals surface area (Å²) < 4.78 is 0. The van der Waals surface area contributed by atoms with Gasteiger partial charge in [0.05, 0.1) is 13.1 Å². The summed E-state index contributed by atoms with van der Waals surface area (Å²) in [6, 6.07) is 2.32. The molecule has 20 heavy (non-hydrogen) atoms. The van der Waals surface area contributed by atoms with Crippen LogP contribution in [0.25, 0.3) is 0 Å². The Balaban J connectivity index is 2.13. The number of carbonyl (C=O) groups excluding carboxylic acids is 1. The molecule has 2 rings (SSSR count). The number of nitrogens with one attached hydrogen (secondary N) is 1. The lowest BCUT2D eigenvalue weighted by Crippen LogP contribution is -2.40. The Morgan fingerprint density at radius 3 is 2.75 bits per heavy atom. The Labute approximate surface area is 119 Å². The third-order valence-electron chi connectivity index (χ3n) is 3.70. The molecule has 0 aliphatic heterocycles. The van der Waals surface area contributed by atoms with E-state index in [-0.39, 0.29) is 12.5 Å². The first-order chi connectivity index (χ1) is 9.58. The monoisotopic (exact) mass is 277 g/mol. The average Bonchev–Trinajstić information content (AvgIpc) is 2.90. The van der Waals surface area contributed by atoms with Crippen LogP contribution in [0.4, 0.5) is 5.82 Å². The highest BCUT2D eigenvalue weighted by Gasteiger charge is 2.24. The number of anilines is 1. The van der Waals surface area contributed by atoms with E-state index >= 15 is 0 Å². The Morgan fingerprint density at radius 2 is 2.15 bits per heavy atom. The number of aromatic nitrogens is 2. The van der Waals surface area contributed by atoms with E-state index in [1.54, 1.807) is 0 Å². The summed E-state index contributed by atoms with van der Waals surface area (Å²) in [6.45, 7) is 2.79. The van der Waals surface area contributed by atoms with Crippen molar-refractivity contribution in [1.82, 2.24) is 14.9 Å². The SMILES string of the molecule is CNc1cc(C)nc(CN(CC(N)=O)C2CCCC2)n1. The van der Waals surface area contributed by atoms with Crippen LogP contribution in [0, 0.1) is 6.92 Å². The third-order valence-corrected chi connectivity index (χ3v) is 3.70. The van der Waals surface area contributed by atoms with Gasteiger partial charge in [-0.2, -0.15) is 0 Å². The van der Waals surface area contributed by atoms with Gasteiger partial charge in [-0.15, -0.1) is 0 Å². The largest absolute Gasteiger partial charge is 0.373 e. The molecule has 0 bridgehead atoms. The van der Waals surface area contributed by atoms with E-state index in [0.717, 1.165) is 30.2 Å². The van der Waals surface area contributed by atoms with Crippen LogP contribution >= 0.6 is 0 Å². The van der Waals surface area contributed by atoms with Gasteiger partial charge in [0.25, 0.3) is 0 Å². The molecule has 1 aliphatic carbocycles. The van der Waals surface area contributed by atoms with Crippen molar-refractivity contribution in [3.8, 4) is 0 Å². The van der Waals surface area contributed by atoms with Gasteiger partial charge in [0.2, 0.25) is 5.91 Å². The standard InChI is InChI=1S/C14H23N5O/c1-10-7-13(16-2)18-14(17-10)9-19(8-12(15)20)11-5-3-4-6-11/h7,11H,3-6,8-9H2,1-2H3,(H2,15,20)(H,16,17,18). The van der Waals surface area contributed by atoms with Crippen molar-refractivity contribution in [2.45, 2.75) is 45.2 Å². The normalized spacial score (nSPS) is 15.8. The van der Waals surface area contributed by atoms with Gasteiger partial charge in [-0.3, -0.25) is 9.69 Å². The van der Waals surface area contributed by atoms with Crippen LogP contribution in [0.3, 0.4) is 0 Å². The van der Waals surface area contributed by atoms with Gasteiger partial charge < -0.3 is 11.1 Å². The molecule has 1 saturated carbocycles. The zero-order valence-electron chi connectivity index (χ0n) is 12.2. The Bertz CT molecular complexity index is 471. The minimum Gasteiger partial charge on any atom is -0.373 e. The maximum atomic E-state index is 11.3. The second-order valence-corrected chi connectivity index (χ2v) is 5.37. The van der Waals surface area contributed by atoms with Crippen molar-refractivity contribution in [2.24, 2.45) is 5.73 Å². The van der Waals surface area contributed by atoms with Crippen molar-refractivity contribution < 1.29 is 4.79 Å². The van der Waals surface area contributed by atoms with Gasteiger partial charge in [-0.25, -0.2) is 9.97 Å². The third kappa shape index (κ3) is 3.90. The van der Waals surface area contributed by atoms with Crippen LogP contribution in [0.5, 0.6) is 0 Å². The number of carbonyl (C=O) groups is 1. The van der Waals surface area contributed by atoms with Crippen LogP contribution in [0.15, 0.2) is 6.07 Å². The molecule has 0 saturated heterocycles. The van der Waals surface area contributed by atoms with E-state index < -0.39 is 0 Å². The topological polar surface area (TPSA) is 84.1 Å². The van der Waals surface area contributed by atoms with Gasteiger partial charge in [-0.1, -0.05) is 12.8 Å². The summed E-state index contributed by atoms with van der Waals surface area (Å²) in [5.74, 6) is 1.25. The molecule has 0 aromatic carbocycles. The van der Waals surface area contributed by atoms with E-state index in [2.05, 4.69) is 20.2 Å². The molecular formula is C14H23N5O. The molecule has 6 nitrogen and oxygen atoms in total. The number of amides is 1. The van der Waals surface area contributed by atoms with Gasteiger partial charge in [-0.05, 0) is 19.8 Å². The lowest BCUT2D eigenvalue weighted by atomic mass is 10.2. The van der Waals surface area contributed by atoms with Crippen LogP contribution in [0.2, 0.25) is 0 Å². The Morgan fingerprint density at radius 1 is 1.45 bits per heavy atom. The quantitative estimate of drug-likeness (QED) is 0.812. The molecule has 0 spiro atoms. The summed E-state index contributed by atoms with van der Waals surface area (Å²) >= 11 is 0. The fraction of sp³-hybridized carbons (Fsp3) is 0.643. The van der Waals surface area contributed by atoms with Crippen LogP contribution in [0.1, 0.15) is 37.2 Å². The lowest BCUT2D eigenvalue weighted by molar-refractivity contribution is -0.119. The van der Waals surface area contributed by atoms with Crippen LogP contribution in [-0.4, -0.2) is 40.4 Å². The van der Waals surface area contributed by atoms with E-state index in [4.69, 9.17) is 5.73 Å². The zero-order chi connectivity index (χ0) is 14.5. The maximum Gasteiger partial charge on any atom is 0.231 e. The molecular weight excluding hydrogens is 254 g/mol. The molecule has 110 valence electrons. The molecule has 1 aliphatic rings. The second kappa shape index (κ2) is 6.65. The van der Waals surface area contributed by atoms with Crippen molar-refractivity contribution in [3.05, 3.63) is 17.6 Å². The molecule has 1 amide bonds. The molecule has 1 heterocycles. The van der Waals surface area contributed by atoms with E-state index in [9.17, 15) is 4.79 Å². The molecule has 1 fully saturated rings. The average molecular weight is 277 g/mol. The number of nitrogens with two attached hydrogens (primary N) is 1. The summed E-state index contributed by atoms with van der Waals surface area (Å²) in [5, 5.41) is 3.03. The molecule has 1 aromatic heterocycles. The lowest BCUT2D eigenvalue weighted by Gasteiger charge is -2.26. The van der Waals surface area contributed by atoms with Gasteiger partial charge in [0.1, 0.15) is 11.6 Å². The predicted octanol–water partition coefficient (Wildman–Crippen LogP) is 1.06. The number of hydrogen-bond acceptors (Lipinski definition) is 5. The van der Waals surface area contributed by atoms with Crippen molar-refractivity contribution in [2.75, 3.05) is 18.9 Å². The second-order valence-electron chi connectivity index (χ2n) is 5.37. The molecule has 0 unspecified atom stereocenters. The smallest absolute Gasteiger partial charge is 0.231 e. The molecule has 6 heteroatoms. The first-order valence-electron chi connectivity index (χ1n) is 7.13. The van der Waals surface area contributed by atoms with E-state index in [0.29, 0.717) is 12.6 Å². The molecule has 0 radical (unpaired) electrons. The number of nitrogens with zero attached hydrogens (tertiary/aromatic N) is 3. The van der Waals surface area contributed by atoms with Crippen molar-refractivity contribution >= 4 is 11.7 Å². The first-order valence-corrected chi connectivity index (χ1v) is 7.13. The summed E-state index contributed by atoms with van der Waals surface area (Å²) in [5.41, 5.74) is 6.29. The summed E-state index contributed by atoms with van der Waals surface area (Å²) in [6.07, 6.45) is 4.68. The highest BCUT2D eigenvalue weighted by atomic mass is 16.1. The maximum absolute atomic E-state index is 11.3. The Hall–Kier alpha value is -1.69. The first kappa shape index (κ1) is 14.7. The van der Waals surface area contributed by atoms with E-state index in [1.807, 2.05) is 20.0 Å². The fourth-order valence-corrected chi connectivity index (χ4v) is 2.79. The number of rotatable bonds is 6. The minimum absolute atomic E-state index is 0.275. The highest BCUT2D eigenvalue weighted by molar-refractivity contribution is 5.75. The molecule has 0 atom stereocenters. The van der Waals surface area contributed by atoms with Gasteiger partial charge in [0, 0.05) is 24.8 Å². The van der Waals surface area contributed by atoms with Crippen LogP contribution < -0.4 is 11.1 Å². The number of hydrogen-bond donors (Lipinski definition) is 2. The van der Waals surface area contributed by atoms with Crippen molar-refractivity contribution in [3.63, 3.8) is 0 Å². The van der Waals surface area contributed by atoms with E-state index in [1.165, 1.54) is 12.8 Å². The number of primary amides is 1. The molecule has 3 N–H and O–H groups in total. The predicted molar refractivity (Wildman–Crippen MR) is 78.2 cm³/mol.